The molecule has 2 N–H and O–H groups in total. The van der Waals surface area contributed by atoms with Gasteiger partial charge in [-0.3, -0.25) is 19.0 Å². The summed E-state index contributed by atoms with van der Waals surface area (Å²) in [6.45, 7) is 2.44. The summed E-state index contributed by atoms with van der Waals surface area (Å²) in [6, 6.07) is 12.6. The standard InChI is InChI=1S/C27H28ClFN4O3S/c28-24-9-8-23(37-24)27(36)30-16-18-13-17(14-22(18)32-10-3-4-11-32)26(35)31-21-7-6-19(15-20(21)29)33-12-2-1-5-25(33)34/h1-2,5-9,12,15,17-18,22H,3-4,10-11,13-14,16H2,(H,30,36)(H,31,35)/t17-,18+,22?/m0/s1. The molecule has 2 aliphatic rings. The number of carbonyl (C=O) groups is 2. The number of hydrogen-bond donors (Lipinski definition) is 2. The van der Waals surface area contributed by atoms with Crippen LogP contribution >= 0.6 is 22.9 Å². The first-order valence-electron chi connectivity index (χ1n) is 12.4. The summed E-state index contributed by atoms with van der Waals surface area (Å²) in [5.41, 5.74) is 0.207. The zero-order valence-electron chi connectivity index (χ0n) is 20.2. The van der Waals surface area contributed by atoms with E-state index in [0.717, 1.165) is 25.9 Å². The first-order chi connectivity index (χ1) is 17.9. The van der Waals surface area contributed by atoms with Gasteiger partial charge in [-0.15, -0.1) is 11.3 Å². The number of likely N-dealkylation sites (tertiary alicyclic amines) is 1. The molecular formula is C27H28ClFN4O3S. The number of amides is 2. The van der Waals surface area contributed by atoms with Gasteiger partial charge in [-0.1, -0.05) is 17.7 Å². The Morgan fingerprint density at radius 1 is 1.08 bits per heavy atom. The van der Waals surface area contributed by atoms with Crippen molar-refractivity contribution in [3.05, 3.63) is 80.1 Å². The molecule has 2 amide bonds. The molecule has 1 unspecified atom stereocenters. The van der Waals surface area contributed by atoms with Gasteiger partial charge in [-0.05, 0) is 75.0 Å². The first-order valence-corrected chi connectivity index (χ1v) is 13.6. The number of hydrogen-bond acceptors (Lipinski definition) is 5. The molecule has 5 rings (SSSR count). The average Bonchev–Trinajstić information content (AvgIpc) is 3.65. The zero-order valence-corrected chi connectivity index (χ0v) is 21.7. The first kappa shape index (κ1) is 25.6. The topological polar surface area (TPSA) is 83.4 Å². The molecule has 1 saturated heterocycles. The van der Waals surface area contributed by atoms with Crippen molar-refractivity contribution in [3.8, 4) is 5.69 Å². The smallest absolute Gasteiger partial charge is 0.261 e. The number of pyridine rings is 1. The lowest BCUT2D eigenvalue weighted by atomic mass is 10.0. The van der Waals surface area contributed by atoms with E-state index in [9.17, 15) is 18.8 Å². The normalized spacial score (nSPS) is 21.7. The summed E-state index contributed by atoms with van der Waals surface area (Å²) in [6.07, 6.45) is 5.09. The van der Waals surface area contributed by atoms with Gasteiger partial charge >= 0.3 is 0 Å². The number of aromatic nitrogens is 1. The molecule has 2 aromatic heterocycles. The zero-order chi connectivity index (χ0) is 25.9. The summed E-state index contributed by atoms with van der Waals surface area (Å²) >= 11 is 7.20. The number of carbonyl (C=O) groups excluding carboxylic acids is 2. The van der Waals surface area contributed by atoms with Gasteiger partial charge in [0.25, 0.3) is 11.5 Å². The van der Waals surface area contributed by atoms with E-state index in [4.69, 9.17) is 11.6 Å². The van der Waals surface area contributed by atoms with E-state index in [1.165, 1.54) is 34.1 Å². The number of halogens is 2. The van der Waals surface area contributed by atoms with Crippen molar-refractivity contribution in [2.75, 3.05) is 25.0 Å². The molecule has 1 aromatic carbocycles. The number of nitrogens with one attached hydrogen (secondary N) is 2. The largest absolute Gasteiger partial charge is 0.351 e. The lowest BCUT2D eigenvalue weighted by Crippen LogP contribution is -2.40. The lowest BCUT2D eigenvalue weighted by Gasteiger charge is -2.29. The van der Waals surface area contributed by atoms with Crippen LogP contribution in [0.25, 0.3) is 5.69 Å². The molecule has 0 bridgehead atoms. The molecule has 10 heteroatoms. The Bertz CT molecular complexity index is 1350. The highest BCUT2D eigenvalue weighted by Gasteiger charge is 2.41. The molecular weight excluding hydrogens is 515 g/mol. The minimum atomic E-state index is -0.603. The van der Waals surface area contributed by atoms with Gasteiger partial charge in [-0.2, -0.15) is 0 Å². The van der Waals surface area contributed by atoms with E-state index in [1.807, 2.05) is 0 Å². The third kappa shape index (κ3) is 5.79. The second-order valence-corrected chi connectivity index (χ2v) is 11.3. The number of anilines is 1. The van der Waals surface area contributed by atoms with Crippen LogP contribution in [0.5, 0.6) is 0 Å². The van der Waals surface area contributed by atoms with Crippen LogP contribution in [0.4, 0.5) is 10.1 Å². The van der Waals surface area contributed by atoms with Gasteiger partial charge in [-0.25, -0.2) is 4.39 Å². The molecule has 7 nitrogen and oxygen atoms in total. The van der Waals surface area contributed by atoms with E-state index < -0.39 is 5.82 Å². The van der Waals surface area contributed by atoms with Crippen molar-refractivity contribution in [1.29, 1.82) is 0 Å². The predicted octanol–water partition coefficient (Wildman–Crippen LogP) is 4.55. The maximum Gasteiger partial charge on any atom is 0.261 e. The summed E-state index contributed by atoms with van der Waals surface area (Å²) in [7, 11) is 0. The highest BCUT2D eigenvalue weighted by atomic mass is 35.5. The highest BCUT2D eigenvalue weighted by molar-refractivity contribution is 7.18. The Balaban J connectivity index is 1.26. The van der Waals surface area contributed by atoms with Crippen molar-refractivity contribution >= 4 is 40.4 Å². The molecule has 0 radical (unpaired) electrons. The molecule has 0 spiro atoms. The van der Waals surface area contributed by atoms with Crippen LogP contribution in [0.2, 0.25) is 4.34 Å². The minimum Gasteiger partial charge on any atom is -0.351 e. The van der Waals surface area contributed by atoms with Crippen molar-refractivity contribution in [1.82, 2.24) is 14.8 Å². The van der Waals surface area contributed by atoms with Crippen LogP contribution in [0.1, 0.15) is 35.4 Å². The molecule has 1 aliphatic carbocycles. The second-order valence-electron chi connectivity index (χ2n) is 9.61. The van der Waals surface area contributed by atoms with Gasteiger partial charge in [0, 0.05) is 36.8 Å². The van der Waals surface area contributed by atoms with E-state index in [2.05, 4.69) is 15.5 Å². The summed E-state index contributed by atoms with van der Waals surface area (Å²) in [5.74, 6) is -1.17. The van der Waals surface area contributed by atoms with Crippen LogP contribution in [0.15, 0.2) is 59.5 Å². The Morgan fingerprint density at radius 2 is 1.89 bits per heavy atom. The van der Waals surface area contributed by atoms with E-state index in [0.29, 0.717) is 34.3 Å². The molecule has 194 valence electrons. The monoisotopic (exact) mass is 542 g/mol. The van der Waals surface area contributed by atoms with E-state index in [1.54, 1.807) is 36.5 Å². The third-order valence-corrected chi connectivity index (χ3v) is 8.50. The second kappa shape index (κ2) is 11.2. The molecule has 3 aromatic rings. The summed E-state index contributed by atoms with van der Waals surface area (Å²) < 4.78 is 16.8. The van der Waals surface area contributed by atoms with Crippen LogP contribution in [0.3, 0.4) is 0 Å². The summed E-state index contributed by atoms with van der Waals surface area (Å²) in [5, 5.41) is 5.77. The predicted molar refractivity (Wildman–Crippen MR) is 143 cm³/mol. The SMILES string of the molecule is O=C(NC[C@H]1C[C@H](C(=O)Nc2ccc(-n3ccccc3=O)cc2F)CC1N1CCCC1)c1ccc(Cl)s1. The maximum atomic E-state index is 14.9. The van der Waals surface area contributed by atoms with Crippen molar-refractivity contribution in [2.24, 2.45) is 11.8 Å². The van der Waals surface area contributed by atoms with Crippen LogP contribution < -0.4 is 16.2 Å². The van der Waals surface area contributed by atoms with Crippen LogP contribution in [0, 0.1) is 17.7 Å². The van der Waals surface area contributed by atoms with Crippen molar-refractivity contribution in [2.45, 2.75) is 31.7 Å². The van der Waals surface area contributed by atoms with Gasteiger partial charge in [0.15, 0.2) is 0 Å². The van der Waals surface area contributed by atoms with Crippen LogP contribution in [-0.2, 0) is 4.79 Å². The number of thiophene rings is 1. The molecule has 2 fully saturated rings. The average molecular weight is 543 g/mol. The Hall–Kier alpha value is -3.01. The lowest BCUT2D eigenvalue weighted by molar-refractivity contribution is -0.119. The Kier molecular flexibility index (Phi) is 7.73. The fourth-order valence-electron chi connectivity index (χ4n) is 5.43. The van der Waals surface area contributed by atoms with E-state index in [-0.39, 0.29) is 40.9 Å². The van der Waals surface area contributed by atoms with Gasteiger partial charge in [0.2, 0.25) is 5.91 Å². The van der Waals surface area contributed by atoms with Crippen LogP contribution in [-0.4, -0.2) is 47.0 Å². The molecule has 3 atom stereocenters. The number of nitrogens with zero attached hydrogens (tertiary/aromatic N) is 2. The quantitative estimate of drug-likeness (QED) is 0.459. The third-order valence-electron chi connectivity index (χ3n) is 7.27. The molecule has 1 saturated carbocycles. The fourth-order valence-corrected chi connectivity index (χ4v) is 6.39. The molecule has 37 heavy (non-hydrogen) atoms. The molecule has 1 aliphatic heterocycles. The maximum absolute atomic E-state index is 14.9. The van der Waals surface area contributed by atoms with Crippen molar-refractivity contribution < 1.29 is 14.0 Å². The number of benzene rings is 1. The minimum absolute atomic E-state index is 0.0850. The van der Waals surface area contributed by atoms with Gasteiger partial charge < -0.3 is 15.5 Å². The number of rotatable bonds is 7. The highest BCUT2D eigenvalue weighted by Crippen LogP contribution is 2.37. The summed E-state index contributed by atoms with van der Waals surface area (Å²) in [4.78, 5) is 40.8. The van der Waals surface area contributed by atoms with Gasteiger partial charge in [0.1, 0.15) is 5.82 Å². The van der Waals surface area contributed by atoms with Crippen molar-refractivity contribution in [3.63, 3.8) is 0 Å². The van der Waals surface area contributed by atoms with Gasteiger partial charge in [0.05, 0.1) is 20.6 Å². The molecule has 3 heterocycles. The Morgan fingerprint density at radius 3 is 2.59 bits per heavy atom. The Labute approximate surface area is 223 Å². The fraction of sp³-hybridized carbons (Fsp3) is 0.370. The van der Waals surface area contributed by atoms with E-state index >= 15 is 0 Å².